The molecule has 0 saturated carbocycles. The first-order chi connectivity index (χ1) is 5.57. The molecule has 1 N–H and O–H groups in total. The molecule has 0 aliphatic heterocycles. The third kappa shape index (κ3) is 4.38. The summed E-state index contributed by atoms with van der Waals surface area (Å²) >= 11 is 0. The number of aliphatic hydroxyl groups excluding tert-OH is 1. The number of aliphatic hydroxyl groups is 1. The molecule has 0 bridgehead atoms. The second kappa shape index (κ2) is 5.23. The Morgan fingerprint density at radius 1 is 1.83 bits per heavy atom. The van der Waals surface area contributed by atoms with Crippen molar-refractivity contribution >= 4 is 12.0 Å². The van der Waals surface area contributed by atoms with Crippen molar-refractivity contribution in [3.8, 4) is 0 Å². The number of hydrogen-bond acceptors (Lipinski definition) is 5. The summed E-state index contributed by atoms with van der Waals surface area (Å²) in [4.78, 5) is 23.3. The van der Waals surface area contributed by atoms with Crippen molar-refractivity contribution in [1.82, 2.24) is 0 Å². The van der Waals surface area contributed by atoms with Crippen LogP contribution in [0.3, 0.4) is 0 Å². The van der Waals surface area contributed by atoms with E-state index in [1.54, 1.807) is 0 Å². The fourth-order valence-corrected chi connectivity index (χ4v) is 0.377. The summed E-state index contributed by atoms with van der Waals surface area (Å²) in [7, 11) is 0. The third-order valence-electron chi connectivity index (χ3n) is 0.904. The van der Waals surface area contributed by atoms with Gasteiger partial charge < -0.3 is 9.84 Å². The van der Waals surface area contributed by atoms with Gasteiger partial charge in [-0.3, -0.25) is 0 Å². The maximum atomic E-state index is 10.7. The van der Waals surface area contributed by atoms with Gasteiger partial charge in [0.05, 0.1) is 0 Å². The minimum Gasteiger partial charge on any atom is -0.431 e. The zero-order valence-corrected chi connectivity index (χ0v) is 6.61. The highest BCUT2D eigenvalue weighted by atomic mass is 16.6. The minimum absolute atomic E-state index is 0.170. The van der Waals surface area contributed by atoms with Crippen LogP contribution in [-0.2, 0) is 14.3 Å². The fraction of sp³-hybridized carbons (Fsp3) is 0.429. The zero-order valence-electron chi connectivity index (χ0n) is 6.61. The number of rotatable bonds is 4. The summed E-state index contributed by atoms with van der Waals surface area (Å²) in [5.41, 5.74) is 0.170. The summed E-state index contributed by atoms with van der Waals surface area (Å²) in [6.07, 6.45) is -0.204. The molecule has 0 heterocycles. The molecule has 0 amide bonds. The molecule has 66 valence electrons. The molecule has 0 radical (unpaired) electrons. The lowest BCUT2D eigenvalue weighted by Crippen LogP contribution is -2.20. The zero-order chi connectivity index (χ0) is 9.56. The Bertz CT molecular complexity index is 230. The summed E-state index contributed by atoms with van der Waals surface area (Å²) in [6.45, 7) is 4.43. The highest BCUT2D eigenvalue weighted by Gasteiger charge is 2.10. The van der Waals surface area contributed by atoms with Gasteiger partial charge in [0.25, 0.3) is 0 Å². The molecule has 0 saturated heterocycles. The SMILES string of the molecule is C=C(C)C(=O)OC(O)CN=C=O. The van der Waals surface area contributed by atoms with Crippen LogP contribution in [0.1, 0.15) is 6.92 Å². The summed E-state index contributed by atoms with van der Waals surface area (Å²) in [6, 6.07) is 0. The summed E-state index contributed by atoms with van der Waals surface area (Å²) in [5.74, 6) is -0.719. The molecule has 0 aliphatic carbocycles. The molecule has 12 heavy (non-hydrogen) atoms. The van der Waals surface area contributed by atoms with E-state index < -0.39 is 12.3 Å². The van der Waals surface area contributed by atoms with E-state index in [0.717, 1.165) is 0 Å². The van der Waals surface area contributed by atoms with Gasteiger partial charge in [-0.1, -0.05) is 6.58 Å². The van der Waals surface area contributed by atoms with Crippen molar-refractivity contribution in [2.24, 2.45) is 4.99 Å². The van der Waals surface area contributed by atoms with Crippen LogP contribution in [0.2, 0.25) is 0 Å². The van der Waals surface area contributed by atoms with E-state index in [-0.39, 0.29) is 12.1 Å². The molecule has 0 aromatic heterocycles. The van der Waals surface area contributed by atoms with Crippen molar-refractivity contribution in [2.75, 3.05) is 6.54 Å². The number of aliphatic imine (C=N–C) groups is 1. The molecular formula is C7H9NO4. The summed E-state index contributed by atoms with van der Waals surface area (Å²) in [5, 5.41) is 8.84. The molecular weight excluding hydrogens is 162 g/mol. The van der Waals surface area contributed by atoms with Gasteiger partial charge >= 0.3 is 5.97 Å². The molecule has 0 rings (SSSR count). The van der Waals surface area contributed by atoms with E-state index in [9.17, 15) is 9.59 Å². The number of hydrogen-bond donors (Lipinski definition) is 1. The van der Waals surface area contributed by atoms with Crippen molar-refractivity contribution in [3.63, 3.8) is 0 Å². The predicted octanol–water partition coefficient (Wildman–Crippen LogP) is -0.240. The Morgan fingerprint density at radius 3 is 2.83 bits per heavy atom. The number of carbonyl (C=O) groups is 1. The first kappa shape index (κ1) is 10.6. The maximum Gasteiger partial charge on any atom is 0.335 e. The largest absolute Gasteiger partial charge is 0.431 e. The molecule has 5 nitrogen and oxygen atoms in total. The van der Waals surface area contributed by atoms with Gasteiger partial charge in [0, 0.05) is 5.57 Å². The lowest BCUT2D eigenvalue weighted by molar-refractivity contribution is -0.160. The second-order valence-corrected chi connectivity index (χ2v) is 2.07. The van der Waals surface area contributed by atoms with Gasteiger partial charge in [0.2, 0.25) is 12.4 Å². The van der Waals surface area contributed by atoms with Gasteiger partial charge in [-0.25, -0.2) is 9.59 Å². The van der Waals surface area contributed by atoms with Crippen LogP contribution in [0.15, 0.2) is 17.1 Å². The van der Waals surface area contributed by atoms with Gasteiger partial charge in [0.1, 0.15) is 6.54 Å². The summed E-state index contributed by atoms with van der Waals surface area (Å²) < 4.78 is 4.36. The lowest BCUT2D eigenvalue weighted by Gasteiger charge is -2.07. The highest BCUT2D eigenvalue weighted by molar-refractivity contribution is 5.86. The Hall–Kier alpha value is -1.45. The van der Waals surface area contributed by atoms with Crippen LogP contribution >= 0.6 is 0 Å². The highest BCUT2D eigenvalue weighted by Crippen LogP contribution is 1.96. The van der Waals surface area contributed by atoms with E-state index in [4.69, 9.17) is 5.11 Å². The standard InChI is InChI=1S/C7H9NO4/c1-5(2)7(11)12-6(10)3-8-4-9/h6,10H,1,3H2,2H3. The fourth-order valence-electron chi connectivity index (χ4n) is 0.377. The molecule has 1 unspecified atom stereocenters. The average molecular weight is 171 g/mol. The number of esters is 1. The second-order valence-electron chi connectivity index (χ2n) is 2.07. The number of ether oxygens (including phenoxy) is 1. The van der Waals surface area contributed by atoms with E-state index in [2.05, 4.69) is 16.3 Å². The van der Waals surface area contributed by atoms with Crippen molar-refractivity contribution in [3.05, 3.63) is 12.2 Å². The molecule has 1 atom stereocenters. The van der Waals surface area contributed by atoms with Gasteiger partial charge in [-0.2, -0.15) is 4.99 Å². The van der Waals surface area contributed by atoms with Crippen LogP contribution in [0.4, 0.5) is 0 Å². The number of nitrogens with zero attached hydrogens (tertiary/aromatic N) is 1. The molecule has 5 heteroatoms. The third-order valence-corrected chi connectivity index (χ3v) is 0.904. The van der Waals surface area contributed by atoms with E-state index in [1.807, 2.05) is 0 Å². The molecule has 0 fully saturated rings. The molecule has 0 aromatic rings. The maximum absolute atomic E-state index is 10.7. The normalized spacial score (nSPS) is 11.2. The number of carbonyl (C=O) groups excluding carboxylic acids is 2. The average Bonchev–Trinajstić information content (AvgIpc) is 2.00. The Morgan fingerprint density at radius 2 is 2.42 bits per heavy atom. The van der Waals surface area contributed by atoms with Gasteiger partial charge in [0.15, 0.2) is 0 Å². The van der Waals surface area contributed by atoms with Crippen molar-refractivity contribution in [1.29, 1.82) is 0 Å². The van der Waals surface area contributed by atoms with E-state index >= 15 is 0 Å². The number of isocyanates is 1. The molecule has 0 aromatic carbocycles. The van der Waals surface area contributed by atoms with Crippen LogP contribution in [0.25, 0.3) is 0 Å². The monoisotopic (exact) mass is 171 g/mol. The quantitative estimate of drug-likeness (QED) is 0.208. The van der Waals surface area contributed by atoms with Gasteiger partial charge in [-0.05, 0) is 6.92 Å². The first-order valence-corrected chi connectivity index (χ1v) is 3.16. The Labute approximate surface area is 69.4 Å². The van der Waals surface area contributed by atoms with E-state index in [1.165, 1.54) is 13.0 Å². The Kier molecular flexibility index (Phi) is 4.60. The first-order valence-electron chi connectivity index (χ1n) is 3.16. The van der Waals surface area contributed by atoms with E-state index in [0.29, 0.717) is 0 Å². The van der Waals surface area contributed by atoms with Crippen molar-refractivity contribution < 1.29 is 19.4 Å². The molecule has 0 aliphatic rings. The lowest BCUT2D eigenvalue weighted by atomic mass is 10.4. The minimum atomic E-state index is -1.41. The molecule has 0 spiro atoms. The smallest absolute Gasteiger partial charge is 0.335 e. The van der Waals surface area contributed by atoms with Crippen LogP contribution in [0.5, 0.6) is 0 Å². The predicted molar refractivity (Wildman–Crippen MR) is 39.9 cm³/mol. The topological polar surface area (TPSA) is 76.0 Å². The Balaban J connectivity index is 3.83. The van der Waals surface area contributed by atoms with Gasteiger partial charge in [-0.15, -0.1) is 0 Å². The van der Waals surface area contributed by atoms with Crippen LogP contribution < -0.4 is 0 Å². The van der Waals surface area contributed by atoms with Crippen molar-refractivity contribution in [2.45, 2.75) is 13.2 Å². The van der Waals surface area contributed by atoms with Crippen LogP contribution in [0, 0.1) is 0 Å². The van der Waals surface area contributed by atoms with Crippen LogP contribution in [-0.4, -0.2) is 30.0 Å².